The van der Waals surface area contributed by atoms with E-state index in [9.17, 15) is 4.79 Å². The summed E-state index contributed by atoms with van der Waals surface area (Å²) in [5, 5.41) is 10.9. The Morgan fingerprint density at radius 3 is 2.44 bits per heavy atom. The molecule has 1 heterocycles. The summed E-state index contributed by atoms with van der Waals surface area (Å²) < 4.78 is 1.91. The normalized spacial score (nSPS) is 10.9. The van der Waals surface area contributed by atoms with E-state index in [-0.39, 0.29) is 29.9 Å². The zero-order valence-corrected chi connectivity index (χ0v) is 21.1. The lowest BCUT2D eigenvalue weighted by Crippen LogP contribution is -2.36. The first-order valence-electron chi connectivity index (χ1n) is 10.4. The van der Waals surface area contributed by atoms with E-state index in [0.717, 1.165) is 30.2 Å². The van der Waals surface area contributed by atoms with Crippen LogP contribution < -0.4 is 10.6 Å². The highest BCUT2D eigenvalue weighted by Gasteiger charge is 2.07. The number of rotatable bonds is 8. The SMILES string of the molecule is CCNC(=NCc1cccc(Cn2cccn2)c1)NCc1ccc(C(=O)N(C)C)cc1.I. The molecule has 7 nitrogen and oxygen atoms in total. The Bertz CT molecular complexity index is 1000. The van der Waals surface area contributed by atoms with Gasteiger partial charge in [-0.3, -0.25) is 9.48 Å². The molecule has 2 aromatic carbocycles. The molecule has 0 radical (unpaired) electrons. The predicted molar refractivity (Wildman–Crippen MR) is 139 cm³/mol. The fourth-order valence-corrected chi connectivity index (χ4v) is 3.13. The minimum atomic E-state index is 0. The molecule has 0 aliphatic rings. The van der Waals surface area contributed by atoms with E-state index in [4.69, 9.17) is 4.99 Å². The smallest absolute Gasteiger partial charge is 0.253 e. The molecule has 0 fully saturated rings. The number of halogens is 1. The van der Waals surface area contributed by atoms with Crippen LogP contribution in [-0.2, 0) is 19.6 Å². The van der Waals surface area contributed by atoms with Crippen LogP contribution in [0.3, 0.4) is 0 Å². The average molecular weight is 546 g/mol. The van der Waals surface area contributed by atoms with Gasteiger partial charge in [0.15, 0.2) is 5.96 Å². The molecule has 0 aliphatic carbocycles. The van der Waals surface area contributed by atoms with Crippen molar-refractivity contribution >= 4 is 35.8 Å². The number of aliphatic imine (C=N–C) groups is 1. The van der Waals surface area contributed by atoms with Crippen LogP contribution in [0.25, 0.3) is 0 Å². The standard InChI is InChI=1S/C24H30N6O.HI/c1-4-25-24(26-16-19-9-11-22(12-10-19)23(31)29(2)3)27-17-20-7-5-8-21(15-20)18-30-14-6-13-28-30;/h5-15H,4,16-18H2,1-3H3,(H2,25,26,27);1H. The van der Waals surface area contributed by atoms with Crippen molar-refractivity contribution in [1.82, 2.24) is 25.3 Å². The summed E-state index contributed by atoms with van der Waals surface area (Å²) in [6.45, 7) is 4.78. The summed E-state index contributed by atoms with van der Waals surface area (Å²) in [6, 6.07) is 18.0. The van der Waals surface area contributed by atoms with Gasteiger partial charge < -0.3 is 15.5 Å². The maximum absolute atomic E-state index is 12.0. The first kappa shape index (κ1) is 25.4. The number of carbonyl (C=O) groups is 1. The van der Waals surface area contributed by atoms with Gasteiger partial charge in [0.2, 0.25) is 0 Å². The summed E-state index contributed by atoms with van der Waals surface area (Å²) >= 11 is 0. The zero-order chi connectivity index (χ0) is 22.1. The third kappa shape index (κ3) is 7.67. The van der Waals surface area contributed by atoms with Crippen LogP contribution in [0.15, 0.2) is 72.0 Å². The average Bonchev–Trinajstić information content (AvgIpc) is 3.29. The molecule has 0 bridgehead atoms. The zero-order valence-electron chi connectivity index (χ0n) is 18.8. The molecule has 0 unspecified atom stereocenters. The van der Waals surface area contributed by atoms with E-state index in [1.54, 1.807) is 25.2 Å². The summed E-state index contributed by atoms with van der Waals surface area (Å²) in [4.78, 5) is 18.3. The Balaban J connectivity index is 0.00000363. The largest absolute Gasteiger partial charge is 0.357 e. The van der Waals surface area contributed by atoms with Crippen LogP contribution in [0, 0.1) is 0 Å². The molecule has 0 saturated heterocycles. The van der Waals surface area contributed by atoms with Crippen LogP contribution in [0.4, 0.5) is 0 Å². The van der Waals surface area contributed by atoms with Crippen molar-refractivity contribution in [2.75, 3.05) is 20.6 Å². The van der Waals surface area contributed by atoms with Crippen molar-refractivity contribution in [2.45, 2.75) is 26.6 Å². The Labute approximate surface area is 206 Å². The first-order valence-corrected chi connectivity index (χ1v) is 10.4. The first-order chi connectivity index (χ1) is 15.0. The van der Waals surface area contributed by atoms with Crippen LogP contribution >= 0.6 is 24.0 Å². The Kier molecular flexibility index (Phi) is 10.2. The molecule has 3 rings (SSSR count). The Morgan fingerprint density at radius 1 is 1.03 bits per heavy atom. The fraction of sp³-hybridized carbons (Fsp3) is 0.292. The molecule has 32 heavy (non-hydrogen) atoms. The molecule has 2 N–H and O–H groups in total. The number of hydrogen-bond donors (Lipinski definition) is 2. The van der Waals surface area contributed by atoms with Crippen molar-refractivity contribution in [3.63, 3.8) is 0 Å². The van der Waals surface area contributed by atoms with E-state index in [0.29, 0.717) is 18.7 Å². The van der Waals surface area contributed by atoms with Gasteiger partial charge in [-0.25, -0.2) is 4.99 Å². The number of nitrogens with one attached hydrogen (secondary N) is 2. The number of benzene rings is 2. The number of guanidine groups is 1. The van der Waals surface area contributed by atoms with E-state index in [1.165, 1.54) is 5.56 Å². The van der Waals surface area contributed by atoms with E-state index >= 15 is 0 Å². The fourth-order valence-electron chi connectivity index (χ4n) is 3.13. The third-order valence-electron chi connectivity index (χ3n) is 4.73. The molecule has 0 saturated carbocycles. The van der Waals surface area contributed by atoms with Crippen LogP contribution in [0.5, 0.6) is 0 Å². The van der Waals surface area contributed by atoms with Crippen LogP contribution in [0.2, 0.25) is 0 Å². The second kappa shape index (κ2) is 12.8. The van der Waals surface area contributed by atoms with Crippen molar-refractivity contribution in [3.05, 3.63) is 89.2 Å². The van der Waals surface area contributed by atoms with E-state index in [2.05, 4.69) is 40.0 Å². The van der Waals surface area contributed by atoms with Crippen molar-refractivity contribution in [1.29, 1.82) is 0 Å². The van der Waals surface area contributed by atoms with Gasteiger partial charge in [-0.2, -0.15) is 5.10 Å². The number of hydrogen-bond acceptors (Lipinski definition) is 3. The predicted octanol–water partition coefficient (Wildman–Crippen LogP) is 3.51. The maximum atomic E-state index is 12.0. The van der Waals surface area contributed by atoms with Crippen molar-refractivity contribution in [3.8, 4) is 0 Å². The minimum absolute atomic E-state index is 0. The second-order valence-corrected chi connectivity index (χ2v) is 7.47. The quantitative estimate of drug-likeness (QED) is 0.258. The molecule has 1 aromatic heterocycles. The van der Waals surface area contributed by atoms with Gasteiger partial charge in [-0.05, 0) is 41.8 Å². The molecule has 3 aromatic rings. The number of nitrogens with zero attached hydrogens (tertiary/aromatic N) is 4. The third-order valence-corrected chi connectivity index (χ3v) is 4.73. The summed E-state index contributed by atoms with van der Waals surface area (Å²) in [6.07, 6.45) is 3.75. The Morgan fingerprint density at radius 2 is 1.78 bits per heavy atom. The molecule has 1 amide bonds. The molecule has 0 spiro atoms. The molecule has 8 heteroatoms. The van der Waals surface area contributed by atoms with Gasteiger partial charge in [-0.15, -0.1) is 24.0 Å². The number of amides is 1. The molecule has 170 valence electrons. The lowest BCUT2D eigenvalue weighted by molar-refractivity contribution is 0.0827. The summed E-state index contributed by atoms with van der Waals surface area (Å²) in [5.41, 5.74) is 4.11. The highest BCUT2D eigenvalue weighted by molar-refractivity contribution is 14.0. The van der Waals surface area contributed by atoms with Crippen molar-refractivity contribution < 1.29 is 4.79 Å². The van der Waals surface area contributed by atoms with Gasteiger partial charge >= 0.3 is 0 Å². The van der Waals surface area contributed by atoms with Gasteiger partial charge in [0.05, 0.1) is 13.1 Å². The highest BCUT2D eigenvalue weighted by atomic mass is 127. The summed E-state index contributed by atoms with van der Waals surface area (Å²) in [5.74, 6) is 0.762. The van der Waals surface area contributed by atoms with Crippen LogP contribution in [-0.4, -0.2) is 47.2 Å². The maximum Gasteiger partial charge on any atom is 0.253 e. The topological polar surface area (TPSA) is 74.5 Å². The van der Waals surface area contributed by atoms with Gasteiger partial charge in [-0.1, -0.05) is 36.4 Å². The molecular weight excluding hydrogens is 515 g/mol. The van der Waals surface area contributed by atoms with Crippen LogP contribution in [0.1, 0.15) is 34.0 Å². The monoisotopic (exact) mass is 546 g/mol. The van der Waals surface area contributed by atoms with Gasteiger partial charge in [0.25, 0.3) is 5.91 Å². The van der Waals surface area contributed by atoms with E-state index < -0.39 is 0 Å². The highest BCUT2D eigenvalue weighted by Crippen LogP contribution is 2.09. The van der Waals surface area contributed by atoms with Gasteiger partial charge in [0, 0.05) is 45.1 Å². The number of aromatic nitrogens is 2. The molecule has 0 atom stereocenters. The van der Waals surface area contributed by atoms with Gasteiger partial charge in [0.1, 0.15) is 0 Å². The lowest BCUT2D eigenvalue weighted by atomic mass is 10.1. The second-order valence-electron chi connectivity index (χ2n) is 7.47. The lowest BCUT2D eigenvalue weighted by Gasteiger charge is -2.13. The van der Waals surface area contributed by atoms with E-state index in [1.807, 2.05) is 48.1 Å². The summed E-state index contributed by atoms with van der Waals surface area (Å²) in [7, 11) is 3.51. The minimum Gasteiger partial charge on any atom is -0.357 e. The van der Waals surface area contributed by atoms with Crippen molar-refractivity contribution in [2.24, 2.45) is 4.99 Å². The Hall–Kier alpha value is -2.88. The molecule has 0 aliphatic heterocycles. The number of carbonyl (C=O) groups excluding carboxylic acids is 1. The molecular formula is C24H31IN6O.